The van der Waals surface area contributed by atoms with Gasteiger partial charge >= 0.3 is 0 Å². The Labute approximate surface area is 115 Å². The van der Waals surface area contributed by atoms with Crippen LogP contribution in [0.3, 0.4) is 0 Å². The first kappa shape index (κ1) is 13.9. The Bertz CT molecular complexity index is 397. The number of nitrogens with two attached hydrogens (primary N) is 1. The van der Waals surface area contributed by atoms with E-state index in [1.54, 1.807) is 6.07 Å². The van der Waals surface area contributed by atoms with Gasteiger partial charge in [-0.1, -0.05) is 12.1 Å². The molecule has 0 saturated carbocycles. The molecule has 5 heteroatoms. The quantitative estimate of drug-likeness (QED) is 0.662. The van der Waals surface area contributed by atoms with E-state index < -0.39 is 0 Å². The highest BCUT2D eigenvalue weighted by Gasteiger charge is 2.24. The Hall–Kier alpha value is -0.490. The zero-order valence-electron chi connectivity index (χ0n) is 10.2. The first-order valence-electron chi connectivity index (χ1n) is 6.19. The SMILES string of the molecule is NNC(Cc1cccc(F)c1Br)C1CCCOC1. The summed E-state index contributed by atoms with van der Waals surface area (Å²) in [5.74, 6) is 5.78. The summed E-state index contributed by atoms with van der Waals surface area (Å²) >= 11 is 3.29. The number of nitrogens with one attached hydrogen (secondary N) is 1. The number of benzene rings is 1. The predicted molar refractivity (Wildman–Crippen MR) is 72.5 cm³/mol. The van der Waals surface area contributed by atoms with Gasteiger partial charge in [0.05, 0.1) is 11.1 Å². The molecule has 18 heavy (non-hydrogen) atoms. The lowest BCUT2D eigenvalue weighted by Gasteiger charge is -2.30. The van der Waals surface area contributed by atoms with Crippen LogP contribution in [0.1, 0.15) is 18.4 Å². The topological polar surface area (TPSA) is 47.3 Å². The zero-order chi connectivity index (χ0) is 13.0. The van der Waals surface area contributed by atoms with E-state index in [0.717, 1.165) is 31.6 Å². The molecule has 0 spiro atoms. The van der Waals surface area contributed by atoms with Gasteiger partial charge in [-0.15, -0.1) is 0 Å². The maximum atomic E-state index is 13.5. The Morgan fingerprint density at radius 1 is 1.56 bits per heavy atom. The number of hydrazine groups is 1. The minimum Gasteiger partial charge on any atom is -0.381 e. The van der Waals surface area contributed by atoms with Crippen molar-refractivity contribution in [2.24, 2.45) is 11.8 Å². The Balaban J connectivity index is 2.07. The summed E-state index contributed by atoms with van der Waals surface area (Å²) in [7, 11) is 0. The van der Waals surface area contributed by atoms with Crippen molar-refractivity contribution in [3.05, 3.63) is 34.1 Å². The van der Waals surface area contributed by atoms with Gasteiger partial charge in [-0.25, -0.2) is 4.39 Å². The van der Waals surface area contributed by atoms with E-state index in [0.29, 0.717) is 16.8 Å². The standard InChI is InChI=1S/C13H18BrFN2O/c14-13-9(3-1-5-11(13)15)7-12(17-16)10-4-2-6-18-8-10/h1,3,5,10,12,17H,2,4,6-8,16H2. The van der Waals surface area contributed by atoms with Gasteiger partial charge in [-0.05, 0) is 52.7 Å². The minimum absolute atomic E-state index is 0.114. The fourth-order valence-corrected chi connectivity index (χ4v) is 2.81. The summed E-state index contributed by atoms with van der Waals surface area (Å²) in [5, 5.41) is 0. The van der Waals surface area contributed by atoms with Crippen LogP contribution in [0.4, 0.5) is 4.39 Å². The molecule has 0 amide bonds. The molecule has 0 aromatic heterocycles. The molecule has 0 aliphatic carbocycles. The number of rotatable bonds is 4. The molecule has 1 saturated heterocycles. The molecule has 100 valence electrons. The number of hydrogen-bond acceptors (Lipinski definition) is 3. The van der Waals surface area contributed by atoms with Crippen LogP contribution in [0.2, 0.25) is 0 Å². The van der Waals surface area contributed by atoms with Gasteiger partial charge in [-0.3, -0.25) is 11.3 Å². The number of ether oxygens (including phenoxy) is 1. The molecule has 1 heterocycles. The van der Waals surface area contributed by atoms with E-state index in [4.69, 9.17) is 10.6 Å². The molecule has 0 radical (unpaired) electrons. The first-order valence-corrected chi connectivity index (χ1v) is 6.98. The third-order valence-electron chi connectivity index (χ3n) is 3.45. The van der Waals surface area contributed by atoms with Crippen molar-refractivity contribution in [3.8, 4) is 0 Å². The van der Waals surface area contributed by atoms with Crippen LogP contribution in [-0.4, -0.2) is 19.3 Å². The second kappa shape index (κ2) is 6.61. The van der Waals surface area contributed by atoms with Crippen LogP contribution >= 0.6 is 15.9 Å². The van der Waals surface area contributed by atoms with E-state index in [2.05, 4.69) is 21.4 Å². The Kier molecular flexibility index (Phi) is 5.12. The second-order valence-corrected chi connectivity index (χ2v) is 5.46. The Morgan fingerprint density at radius 3 is 3.06 bits per heavy atom. The third kappa shape index (κ3) is 3.29. The van der Waals surface area contributed by atoms with Gasteiger partial charge in [0, 0.05) is 12.6 Å². The van der Waals surface area contributed by atoms with E-state index >= 15 is 0 Å². The lowest BCUT2D eigenvalue weighted by Crippen LogP contribution is -2.45. The smallest absolute Gasteiger partial charge is 0.137 e. The van der Waals surface area contributed by atoms with Crippen LogP contribution < -0.4 is 11.3 Å². The molecule has 2 atom stereocenters. The van der Waals surface area contributed by atoms with Gasteiger partial charge in [0.2, 0.25) is 0 Å². The van der Waals surface area contributed by atoms with Crippen LogP contribution in [0.5, 0.6) is 0 Å². The van der Waals surface area contributed by atoms with E-state index in [9.17, 15) is 4.39 Å². The molecule has 2 rings (SSSR count). The molecule has 3 N–H and O–H groups in total. The molecule has 1 aromatic carbocycles. The summed E-state index contributed by atoms with van der Waals surface area (Å²) < 4.78 is 19.5. The minimum atomic E-state index is -0.233. The van der Waals surface area contributed by atoms with Gasteiger partial charge in [-0.2, -0.15) is 0 Å². The highest BCUT2D eigenvalue weighted by atomic mass is 79.9. The largest absolute Gasteiger partial charge is 0.381 e. The van der Waals surface area contributed by atoms with Crippen molar-refractivity contribution in [2.75, 3.05) is 13.2 Å². The molecule has 2 unspecified atom stereocenters. The second-order valence-electron chi connectivity index (χ2n) is 4.67. The van der Waals surface area contributed by atoms with E-state index in [1.165, 1.54) is 6.07 Å². The van der Waals surface area contributed by atoms with Crippen molar-refractivity contribution in [1.29, 1.82) is 0 Å². The van der Waals surface area contributed by atoms with Gasteiger partial charge < -0.3 is 4.74 Å². The molecule has 1 aliphatic heterocycles. The maximum absolute atomic E-state index is 13.5. The summed E-state index contributed by atoms with van der Waals surface area (Å²) in [4.78, 5) is 0. The van der Waals surface area contributed by atoms with Gasteiger partial charge in [0.25, 0.3) is 0 Å². The fourth-order valence-electron chi connectivity index (χ4n) is 2.39. The molecule has 1 aromatic rings. The molecule has 0 bridgehead atoms. The van der Waals surface area contributed by atoms with Crippen LogP contribution in [0, 0.1) is 11.7 Å². The van der Waals surface area contributed by atoms with Crippen molar-refractivity contribution in [1.82, 2.24) is 5.43 Å². The molecule has 1 fully saturated rings. The maximum Gasteiger partial charge on any atom is 0.137 e. The summed E-state index contributed by atoms with van der Waals surface area (Å²) in [5.41, 5.74) is 3.78. The first-order chi connectivity index (χ1) is 8.72. The fraction of sp³-hybridized carbons (Fsp3) is 0.538. The molecular weight excluding hydrogens is 299 g/mol. The van der Waals surface area contributed by atoms with Crippen molar-refractivity contribution < 1.29 is 9.13 Å². The molecular formula is C13H18BrFN2O. The van der Waals surface area contributed by atoms with Gasteiger partial charge in [0.1, 0.15) is 5.82 Å². The monoisotopic (exact) mass is 316 g/mol. The zero-order valence-corrected chi connectivity index (χ0v) is 11.7. The number of hydrogen-bond donors (Lipinski definition) is 2. The van der Waals surface area contributed by atoms with Crippen LogP contribution in [0.15, 0.2) is 22.7 Å². The highest BCUT2D eigenvalue weighted by molar-refractivity contribution is 9.10. The summed E-state index contributed by atoms with van der Waals surface area (Å²) in [6.45, 7) is 1.55. The average molecular weight is 317 g/mol. The van der Waals surface area contributed by atoms with Crippen LogP contribution in [0.25, 0.3) is 0 Å². The lowest BCUT2D eigenvalue weighted by molar-refractivity contribution is 0.0393. The third-order valence-corrected chi connectivity index (χ3v) is 4.34. The summed E-state index contributed by atoms with van der Waals surface area (Å²) in [6, 6.07) is 5.20. The van der Waals surface area contributed by atoms with Crippen molar-refractivity contribution >= 4 is 15.9 Å². The normalized spacial score (nSPS) is 21.8. The predicted octanol–water partition coefficient (Wildman–Crippen LogP) is 2.39. The Morgan fingerprint density at radius 2 is 2.39 bits per heavy atom. The van der Waals surface area contributed by atoms with Crippen molar-refractivity contribution in [2.45, 2.75) is 25.3 Å². The summed E-state index contributed by atoms with van der Waals surface area (Å²) in [6.07, 6.45) is 2.86. The van der Waals surface area contributed by atoms with Crippen LogP contribution in [-0.2, 0) is 11.2 Å². The molecule has 3 nitrogen and oxygen atoms in total. The molecule has 1 aliphatic rings. The van der Waals surface area contributed by atoms with Gasteiger partial charge in [0.15, 0.2) is 0 Å². The highest BCUT2D eigenvalue weighted by Crippen LogP contribution is 2.25. The average Bonchev–Trinajstić information content (AvgIpc) is 2.41. The van der Waals surface area contributed by atoms with E-state index in [1.807, 2.05) is 6.07 Å². The van der Waals surface area contributed by atoms with E-state index in [-0.39, 0.29) is 11.9 Å². The van der Waals surface area contributed by atoms with Crippen molar-refractivity contribution in [3.63, 3.8) is 0 Å². The lowest BCUT2D eigenvalue weighted by atomic mass is 9.90. The number of halogens is 2.